The second kappa shape index (κ2) is 7.47. The average molecular weight is 287 g/mol. The Labute approximate surface area is 124 Å². The van der Waals surface area contributed by atoms with Crippen LogP contribution in [0.2, 0.25) is 0 Å². The summed E-state index contributed by atoms with van der Waals surface area (Å²) in [5.74, 6) is -0.140. The minimum atomic E-state index is -0.270. The van der Waals surface area contributed by atoms with Crippen molar-refractivity contribution >= 4 is 23.3 Å². The third kappa shape index (κ3) is 5.30. The van der Waals surface area contributed by atoms with Crippen LogP contribution in [0.3, 0.4) is 0 Å². The van der Waals surface area contributed by atoms with E-state index in [-0.39, 0.29) is 11.9 Å². The number of urea groups is 1. The molecule has 21 heavy (non-hydrogen) atoms. The maximum atomic E-state index is 11.8. The second-order valence-electron chi connectivity index (χ2n) is 5.22. The van der Waals surface area contributed by atoms with Gasteiger partial charge < -0.3 is 16.0 Å². The molecule has 0 aromatic heterocycles. The Morgan fingerprint density at radius 1 is 1.05 bits per heavy atom. The van der Waals surface area contributed by atoms with Crippen LogP contribution < -0.4 is 16.0 Å². The lowest BCUT2D eigenvalue weighted by Gasteiger charge is -2.13. The van der Waals surface area contributed by atoms with Gasteiger partial charge in [-0.2, -0.15) is 0 Å². The number of carbonyl (C=O) groups excluding carboxylic acids is 2. The number of nitrogens with one attached hydrogen (secondary N) is 3. The lowest BCUT2D eigenvalue weighted by Crippen LogP contribution is -2.24. The predicted molar refractivity (Wildman–Crippen MR) is 84.1 cm³/mol. The van der Waals surface area contributed by atoms with E-state index in [0.717, 1.165) is 12.8 Å². The molecule has 1 aromatic rings. The van der Waals surface area contributed by atoms with Gasteiger partial charge in [0.2, 0.25) is 5.91 Å². The van der Waals surface area contributed by atoms with Crippen LogP contribution in [-0.2, 0) is 4.79 Å². The van der Waals surface area contributed by atoms with Gasteiger partial charge in [-0.1, -0.05) is 18.1 Å². The highest BCUT2D eigenvalue weighted by molar-refractivity contribution is 5.92. The van der Waals surface area contributed by atoms with E-state index in [1.54, 1.807) is 24.3 Å². The summed E-state index contributed by atoms with van der Waals surface area (Å²) in [6.07, 6.45) is 7.63. The number of rotatable bonds is 3. The van der Waals surface area contributed by atoms with Gasteiger partial charge in [-0.05, 0) is 43.9 Å². The standard InChI is InChI=1S/C16H21N3O2/c1-12(20)18-14-8-5-9-15(10-14)19-16(21)17-11-13-6-3-2-4-7-13/h5,8-11H,2-4,6-7H2,1H3,(H,18,20)(H2,17,19,21). The molecule has 0 spiro atoms. The van der Waals surface area contributed by atoms with Gasteiger partial charge >= 0.3 is 6.03 Å². The highest BCUT2D eigenvalue weighted by Crippen LogP contribution is 2.21. The van der Waals surface area contributed by atoms with Gasteiger partial charge in [0, 0.05) is 24.5 Å². The van der Waals surface area contributed by atoms with E-state index in [1.807, 2.05) is 6.20 Å². The molecule has 0 saturated heterocycles. The molecule has 3 amide bonds. The molecule has 3 N–H and O–H groups in total. The summed E-state index contributed by atoms with van der Waals surface area (Å²) in [6.45, 7) is 1.45. The SMILES string of the molecule is CC(=O)Nc1cccc(NC(=O)NC=C2CCCCC2)c1. The number of allylic oxidation sites excluding steroid dienone is 1. The Kier molecular flexibility index (Phi) is 5.37. The van der Waals surface area contributed by atoms with Crippen molar-refractivity contribution in [3.63, 3.8) is 0 Å². The molecule has 1 aliphatic carbocycles. The first-order chi connectivity index (χ1) is 10.1. The van der Waals surface area contributed by atoms with Crippen molar-refractivity contribution in [2.45, 2.75) is 39.0 Å². The summed E-state index contributed by atoms with van der Waals surface area (Å²) in [5.41, 5.74) is 2.59. The quantitative estimate of drug-likeness (QED) is 0.794. The molecular formula is C16H21N3O2. The van der Waals surface area contributed by atoms with E-state index < -0.39 is 0 Å². The number of carbonyl (C=O) groups is 2. The molecule has 112 valence electrons. The van der Waals surface area contributed by atoms with E-state index in [9.17, 15) is 9.59 Å². The van der Waals surface area contributed by atoms with Crippen LogP contribution in [0.25, 0.3) is 0 Å². The zero-order valence-corrected chi connectivity index (χ0v) is 12.2. The van der Waals surface area contributed by atoms with Crippen LogP contribution in [0.4, 0.5) is 16.2 Å². The van der Waals surface area contributed by atoms with Crippen LogP contribution in [-0.4, -0.2) is 11.9 Å². The Morgan fingerprint density at radius 3 is 2.38 bits per heavy atom. The van der Waals surface area contributed by atoms with Crippen LogP contribution >= 0.6 is 0 Å². The molecule has 5 nitrogen and oxygen atoms in total. The summed E-state index contributed by atoms with van der Waals surface area (Å²) in [7, 11) is 0. The molecule has 2 rings (SSSR count). The van der Waals surface area contributed by atoms with E-state index in [2.05, 4.69) is 16.0 Å². The first kappa shape index (κ1) is 15.1. The number of benzene rings is 1. The molecule has 0 heterocycles. The number of amides is 3. The smallest absolute Gasteiger partial charge is 0.323 e. The van der Waals surface area contributed by atoms with Crippen molar-refractivity contribution in [2.75, 3.05) is 10.6 Å². The molecule has 1 saturated carbocycles. The molecule has 0 bridgehead atoms. The monoisotopic (exact) mass is 287 g/mol. The fourth-order valence-electron chi connectivity index (χ4n) is 2.36. The fraction of sp³-hybridized carbons (Fsp3) is 0.375. The van der Waals surface area contributed by atoms with Gasteiger partial charge in [-0.3, -0.25) is 4.79 Å². The van der Waals surface area contributed by atoms with Crippen molar-refractivity contribution in [3.05, 3.63) is 36.0 Å². The second-order valence-corrected chi connectivity index (χ2v) is 5.22. The normalized spacial score (nSPS) is 14.2. The minimum Gasteiger partial charge on any atom is -0.326 e. The zero-order valence-electron chi connectivity index (χ0n) is 12.2. The van der Waals surface area contributed by atoms with Gasteiger partial charge in [-0.15, -0.1) is 0 Å². The molecule has 0 unspecified atom stereocenters. The maximum absolute atomic E-state index is 11.8. The number of hydrogen-bond acceptors (Lipinski definition) is 2. The van der Waals surface area contributed by atoms with Crippen LogP contribution in [0.15, 0.2) is 36.0 Å². The molecule has 0 aliphatic heterocycles. The van der Waals surface area contributed by atoms with Crippen molar-refractivity contribution in [1.82, 2.24) is 5.32 Å². The highest BCUT2D eigenvalue weighted by Gasteiger charge is 2.06. The van der Waals surface area contributed by atoms with Crippen molar-refractivity contribution in [1.29, 1.82) is 0 Å². The third-order valence-electron chi connectivity index (χ3n) is 3.34. The lowest BCUT2D eigenvalue weighted by atomic mass is 9.96. The average Bonchev–Trinajstić information content (AvgIpc) is 2.46. The Morgan fingerprint density at radius 2 is 1.71 bits per heavy atom. The zero-order chi connectivity index (χ0) is 15.1. The Bertz CT molecular complexity index is 544. The topological polar surface area (TPSA) is 70.2 Å². The van der Waals surface area contributed by atoms with Gasteiger partial charge in [0.1, 0.15) is 0 Å². The summed E-state index contributed by atoms with van der Waals surface area (Å²) in [4.78, 5) is 22.8. The number of anilines is 2. The first-order valence-corrected chi connectivity index (χ1v) is 7.26. The summed E-state index contributed by atoms with van der Waals surface area (Å²) >= 11 is 0. The van der Waals surface area contributed by atoms with Crippen LogP contribution in [0.5, 0.6) is 0 Å². The fourth-order valence-corrected chi connectivity index (χ4v) is 2.36. The summed E-state index contributed by atoms with van der Waals surface area (Å²) in [6, 6.07) is 6.77. The molecule has 1 aliphatic rings. The van der Waals surface area contributed by atoms with Gasteiger partial charge in [-0.25, -0.2) is 4.79 Å². The third-order valence-corrected chi connectivity index (χ3v) is 3.34. The maximum Gasteiger partial charge on any atom is 0.323 e. The molecule has 0 atom stereocenters. The molecular weight excluding hydrogens is 266 g/mol. The molecule has 1 fully saturated rings. The summed E-state index contributed by atoms with van der Waals surface area (Å²) in [5, 5.41) is 8.19. The van der Waals surface area contributed by atoms with Crippen LogP contribution in [0.1, 0.15) is 39.0 Å². The first-order valence-electron chi connectivity index (χ1n) is 7.26. The van der Waals surface area contributed by atoms with Crippen molar-refractivity contribution in [2.24, 2.45) is 0 Å². The van der Waals surface area contributed by atoms with Crippen molar-refractivity contribution in [3.8, 4) is 0 Å². The largest absolute Gasteiger partial charge is 0.326 e. The highest BCUT2D eigenvalue weighted by atomic mass is 16.2. The molecule has 0 radical (unpaired) electrons. The Hall–Kier alpha value is -2.30. The minimum absolute atomic E-state index is 0.140. The molecule has 5 heteroatoms. The van der Waals surface area contributed by atoms with Gasteiger partial charge in [0.15, 0.2) is 0 Å². The van der Waals surface area contributed by atoms with Crippen molar-refractivity contribution < 1.29 is 9.59 Å². The Balaban J connectivity index is 1.88. The van der Waals surface area contributed by atoms with Gasteiger partial charge in [0.05, 0.1) is 0 Å². The van der Waals surface area contributed by atoms with E-state index in [1.165, 1.54) is 31.8 Å². The predicted octanol–water partition coefficient (Wildman–Crippen LogP) is 3.61. The van der Waals surface area contributed by atoms with E-state index in [4.69, 9.17) is 0 Å². The van der Waals surface area contributed by atoms with Crippen LogP contribution in [0, 0.1) is 0 Å². The summed E-state index contributed by atoms with van der Waals surface area (Å²) < 4.78 is 0. The number of hydrogen-bond donors (Lipinski definition) is 3. The molecule has 1 aromatic carbocycles. The van der Waals surface area contributed by atoms with E-state index >= 15 is 0 Å². The lowest BCUT2D eigenvalue weighted by molar-refractivity contribution is -0.114. The van der Waals surface area contributed by atoms with Gasteiger partial charge in [0.25, 0.3) is 0 Å². The van der Waals surface area contributed by atoms with E-state index in [0.29, 0.717) is 11.4 Å².